The molecule has 2 atom stereocenters. The van der Waals surface area contributed by atoms with Gasteiger partial charge in [0, 0.05) is 11.3 Å². The molecule has 0 bridgehead atoms. The number of benzene rings is 2. The van der Waals surface area contributed by atoms with Crippen molar-refractivity contribution in [2.45, 2.75) is 45.7 Å². The van der Waals surface area contributed by atoms with Crippen LogP contribution in [0.2, 0.25) is 0 Å². The lowest BCUT2D eigenvalue weighted by Crippen LogP contribution is -3.29. The lowest BCUT2D eigenvalue weighted by molar-refractivity contribution is -1.02. The van der Waals surface area contributed by atoms with Gasteiger partial charge < -0.3 is 15.1 Å². The van der Waals surface area contributed by atoms with Crippen molar-refractivity contribution in [1.29, 1.82) is 0 Å². The Labute approximate surface area is 169 Å². The lowest BCUT2D eigenvalue weighted by Gasteiger charge is -2.32. The highest BCUT2D eigenvalue weighted by Gasteiger charge is 2.31. The van der Waals surface area contributed by atoms with Crippen molar-refractivity contribution in [3.63, 3.8) is 0 Å². The number of carbonyl (C=O) groups is 1. The second kappa shape index (κ2) is 9.85. The Hall–Kier alpha value is -2.17. The first-order chi connectivity index (χ1) is 13.6. The molecular weight excluding hydrogens is 346 g/mol. The molecule has 4 heteroatoms. The fourth-order valence-corrected chi connectivity index (χ4v) is 4.11. The summed E-state index contributed by atoms with van der Waals surface area (Å²) in [6, 6.07) is 18.9. The number of quaternary nitrogens is 2. The molecule has 1 amide bonds. The Morgan fingerprint density at radius 3 is 2.29 bits per heavy atom. The van der Waals surface area contributed by atoms with Gasteiger partial charge in [0.05, 0.1) is 0 Å². The van der Waals surface area contributed by atoms with Crippen LogP contribution >= 0.6 is 0 Å². The van der Waals surface area contributed by atoms with Gasteiger partial charge in [0.25, 0.3) is 5.91 Å². The molecule has 1 fully saturated rings. The third-order valence-corrected chi connectivity index (χ3v) is 6.26. The zero-order chi connectivity index (χ0) is 19.9. The average molecular weight is 382 g/mol. The minimum absolute atomic E-state index is 0.0248. The van der Waals surface area contributed by atoms with E-state index < -0.39 is 0 Å². The van der Waals surface area contributed by atoms with Crippen molar-refractivity contribution in [3.8, 4) is 0 Å². The second-order valence-electron chi connectivity index (χ2n) is 8.18. The van der Waals surface area contributed by atoms with Gasteiger partial charge in [-0.2, -0.15) is 0 Å². The molecule has 1 heterocycles. The number of piperazine rings is 1. The Kier molecular flexibility index (Phi) is 7.24. The Morgan fingerprint density at radius 1 is 0.964 bits per heavy atom. The van der Waals surface area contributed by atoms with Crippen LogP contribution in [0.15, 0.2) is 54.6 Å². The first-order valence-corrected chi connectivity index (χ1v) is 10.7. The van der Waals surface area contributed by atoms with Gasteiger partial charge in [-0.1, -0.05) is 62.4 Å². The topological polar surface area (TPSA) is 38.0 Å². The average Bonchev–Trinajstić information content (AvgIpc) is 2.74. The SMILES string of the molecule is CC[C@@H](C)c1ccccc1NC(=O)[C@H](C)[NH+]1CC[NH+](Cc2ccccc2)CC1. The van der Waals surface area contributed by atoms with Gasteiger partial charge in [-0.15, -0.1) is 0 Å². The maximum absolute atomic E-state index is 12.9. The summed E-state index contributed by atoms with van der Waals surface area (Å²) in [5.41, 5.74) is 3.60. The van der Waals surface area contributed by atoms with E-state index in [9.17, 15) is 4.79 Å². The summed E-state index contributed by atoms with van der Waals surface area (Å²) in [7, 11) is 0. The summed E-state index contributed by atoms with van der Waals surface area (Å²) in [5, 5.41) is 3.21. The standard InChI is InChI=1S/C24H33N3O/c1-4-19(2)22-12-8-9-13-23(22)25-24(28)20(3)27-16-14-26(15-17-27)18-21-10-6-5-7-11-21/h5-13,19-20H,4,14-18H2,1-3H3,(H,25,28)/p+2/t19-,20+/m1/s1. The molecule has 2 aromatic carbocycles. The number of amides is 1. The quantitative estimate of drug-likeness (QED) is 0.668. The number of carbonyl (C=O) groups excluding carboxylic acids is 1. The summed E-state index contributed by atoms with van der Waals surface area (Å²) < 4.78 is 0. The van der Waals surface area contributed by atoms with Gasteiger partial charge in [0.15, 0.2) is 6.04 Å². The molecule has 1 aliphatic rings. The van der Waals surface area contributed by atoms with Crippen LogP contribution in [0.25, 0.3) is 0 Å². The highest BCUT2D eigenvalue weighted by atomic mass is 16.2. The van der Waals surface area contributed by atoms with E-state index in [-0.39, 0.29) is 11.9 Å². The van der Waals surface area contributed by atoms with E-state index in [1.54, 1.807) is 4.90 Å². The molecule has 0 unspecified atom stereocenters. The first kappa shape index (κ1) is 20.6. The van der Waals surface area contributed by atoms with Gasteiger partial charge in [0.1, 0.15) is 32.7 Å². The number of nitrogens with one attached hydrogen (secondary N) is 3. The minimum Gasteiger partial charge on any atom is -0.322 e. The van der Waals surface area contributed by atoms with Crippen molar-refractivity contribution in [2.75, 3.05) is 31.5 Å². The zero-order valence-electron chi connectivity index (χ0n) is 17.5. The molecule has 2 aromatic rings. The Morgan fingerprint density at radius 2 is 1.61 bits per heavy atom. The summed E-state index contributed by atoms with van der Waals surface area (Å²) >= 11 is 0. The van der Waals surface area contributed by atoms with Crippen molar-refractivity contribution >= 4 is 11.6 Å². The maximum Gasteiger partial charge on any atom is 0.282 e. The van der Waals surface area contributed by atoms with Crippen LogP contribution in [0.4, 0.5) is 5.69 Å². The molecule has 150 valence electrons. The molecular formula is C24H35N3O+2. The van der Waals surface area contributed by atoms with Crippen LogP contribution in [0, 0.1) is 0 Å². The number of anilines is 1. The normalized spacial score (nSPS) is 21.7. The van der Waals surface area contributed by atoms with Crippen molar-refractivity contribution in [3.05, 3.63) is 65.7 Å². The molecule has 28 heavy (non-hydrogen) atoms. The van der Waals surface area contributed by atoms with Crippen molar-refractivity contribution < 1.29 is 14.6 Å². The van der Waals surface area contributed by atoms with Crippen LogP contribution in [0.5, 0.6) is 0 Å². The number of para-hydroxylation sites is 1. The predicted molar refractivity (Wildman–Crippen MR) is 115 cm³/mol. The first-order valence-electron chi connectivity index (χ1n) is 10.7. The summed E-state index contributed by atoms with van der Waals surface area (Å²) in [6.45, 7) is 11.9. The van der Waals surface area contributed by atoms with Crippen LogP contribution in [-0.2, 0) is 11.3 Å². The van der Waals surface area contributed by atoms with Crippen molar-refractivity contribution in [1.82, 2.24) is 0 Å². The molecule has 0 aliphatic carbocycles. The monoisotopic (exact) mass is 381 g/mol. The molecule has 3 N–H and O–H groups in total. The number of hydrogen-bond donors (Lipinski definition) is 3. The highest BCUT2D eigenvalue weighted by Crippen LogP contribution is 2.26. The summed E-state index contributed by atoms with van der Waals surface area (Å²) in [5.74, 6) is 0.585. The van der Waals surface area contributed by atoms with E-state index in [0.29, 0.717) is 5.92 Å². The molecule has 3 rings (SSSR count). The molecule has 0 radical (unpaired) electrons. The zero-order valence-corrected chi connectivity index (χ0v) is 17.5. The van der Waals surface area contributed by atoms with E-state index >= 15 is 0 Å². The summed E-state index contributed by atoms with van der Waals surface area (Å²) in [6.07, 6.45) is 1.07. The Bertz CT molecular complexity index is 753. The minimum atomic E-state index is -0.0248. The molecule has 0 saturated carbocycles. The molecule has 1 saturated heterocycles. The third kappa shape index (κ3) is 5.21. The predicted octanol–water partition coefficient (Wildman–Crippen LogP) is 1.51. The van der Waals surface area contributed by atoms with Crippen molar-refractivity contribution in [2.24, 2.45) is 0 Å². The van der Waals surface area contributed by atoms with Gasteiger partial charge in [0.2, 0.25) is 0 Å². The van der Waals surface area contributed by atoms with E-state index in [1.807, 2.05) is 12.1 Å². The molecule has 0 spiro atoms. The van der Waals surface area contributed by atoms with Gasteiger partial charge >= 0.3 is 0 Å². The fraction of sp³-hybridized carbons (Fsp3) is 0.458. The highest BCUT2D eigenvalue weighted by molar-refractivity contribution is 5.94. The van der Waals surface area contributed by atoms with Gasteiger partial charge in [-0.3, -0.25) is 4.79 Å². The number of hydrogen-bond acceptors (Lipinski definition) is 1. The molecule has 0 aromatic heterocycles. The molecule has 4 nitrogen and oxygen atoms in total. The number of rotatable bonds is 7. The van der Waals surface area contributed by atoms with E-state index in [1.165, 1.54) is 16.0 Å². The fourth-order valence-electron chi connectivity index (χ4n) is 4.11. The van der Waals surface area contributed by atoms with E-state index in [0.717, 1.165) is 44.8 Å². The van der Waals surface area contributed by atoms with E-state index in [4.69, 9.17) is 0 Å². The van der Waals surface area contributed by atoms with Gasteiger partial charge in [-0.25, -0.2) is 0 Å². The lowest BCUT2D eigenvalue weighted by atomic mass is 9.97. The van der Waals surface area contributed by atoms with Crippen LogP contribution in [0.1, 0.15) is 44.2 Å². The Balaban J connectivity index is 1.54. The largest absolute Gasteiger partial charge is 0.322 e. The molecule has 1 aliphatic heterocycles. The van der Waals surface area contributed by atoms with Crippen LogP contribution < -0.4 is 15.1 Å². The van der Waals surface area contributed by atoms with Gasteiger partial charge in [-0.05, 0) is 30.9 Å². The van der Waals surface area contributed by atoms with Crippen LogP contribution in [0.3, 0.4) is 0 Å². The van der Waals surface area contributed by atoms with Crippen LogP contribution in [-0.4, -0.2) is 38.1 Å². The van der Waals surface area contributed by atoms with E-state index in [2.05, 4.69) is 68.6 Å². The second-order valence-corrected chi connectivity index (χ2v) is 8.18. The smallest absolute Gasteiger partial charge is 0.282 e. The summed E-state index contributed by atoms with van der Waals surface area (Å²) in [4.78, 5) is 15.9. The third-order valence-electron chi connectivity index (χ3n) is 6.26. The maximum atomic E-state index is 12.9.